The zero-order valence-electron chi connectivity index (χ0n) is 13.7. The van der Waals surface area contributed by atoms with Crippen LogP contribution in [0.1, 0.15) is 38.3 Å². The van der Waals surface area contributed by atoms with Crippen molar-refractivity contribution in [2.24, 2.45) is 5.92 Å². The second-order valence-corrected chi connectivity index (χ2v) is 6.38. The average Bonchev–Trinajstić information content (AvgIpc) is 2.52. The van der Waals surface area contributed by atoms with E-state index in [1.807, 2.05) is 0 Å². The standard InChI is InChI=1S/C18H30N2O/c1-15(2)18-13-19-17(16-9-5-4-6-10-16)14-20(18)11-7-8-12-21-3/h4-6,9-10,15,17-19H,7-8,11-14H2,1-3H3. The molecule has 118 valence electrons. The van der Waals surface area contributed by atoms with Gasteiger partial charge in [0.15, 0.2) is 0 Å². The van der Waals surface area contributed by atoms with Crippen molar-refractivity contribution in [3.63, 3.8) is 0 Å². The molecule has 1 heterocycles. The highest BCUT2D eigenvalue weighted by atomic mass is 16.5. The van der Waals surface area contributed by atoms with E-state index < -0.39 is 0 Å². The summed E-state index contributed by atoms with van der Waals surface area (Å²) in [5.41, 5.74) is 1.40. The van der Waals surface area contributed by atoms with Crippen molar-refractivity contribution < 1.29 is 4.74 Å². The van der Waals surface area contributed by atoms with Gasteiger partial charge in [-0.2, -0.15) is 0 Å². The molecular weight excluding hydrogens is 260 g/mol. The minimum absolute atomic E-state index is 0.462. The number of nitrogens with one attached hydrogen (secondary N) is 1. The van der Waals surface area contributed by atoms with Crippen LogP contribution in [0.4, 0.5) is 0 Å². The van der Waals surface area contributed by atoms with Crippen LogP contribution in [0, 0.1) is 5.92 Å². The molecule has 0 amide bonds. The number of ether oxygens (including phenoxy) is 1. The smallest absolute Gasteiger partial charge is 0.0462 e. The Morgan fingerprint density at radius 1 is 1.24 bits per heavy atom. The van der Waals surface area contributed by atoms with Crippen LogP contribution in [0.15, 0.2) is 30.3 Å². The summed E-state index contributed by atoms with van der Waals surface area (Å²) in [6.45, 7) is 8.91. The van der Waals surface area contributed by atoms with Gasteiger partial charge in [-0.05, 0) is 30.9 Å². The molecular formula is C18H30N2O. The summed E-state index contributed by atoms with van der Waals surface area (Å²) in [6.07, 6.45) is 2.37. The maximum absolute atomic E-state index is 5.17. The maximum Gasteiger partial charge on any atom is 0.0462 e. The first-order chi connectivity index (χ1) is 10.2. The Balaban J connectivity index is 1.95. The van der Waals surface area contributed by atoms with Crippen LogP contribution in [-0.2, 0) is 4.74 Å². The summed E-state index contributed by atoms with van der Waals surface area (Å²) in [7, 11) is 1.78. The van der Waals surface area contributed by atoms with E-state index in [9.17, 15) is 0 Å². The molecule has 1 fully saturated rings. The van der Waals surface area contributed by atoms with Crippen molar-refractivity contribution in [1.82, 2.24) is 10.2 Å². The molecule has 1 aromatic rings. The van der Waals surface area contributed by atoms with Gasteiger partial charge in [0.1, 0.15) is 0 Å². The molecule has 0 aromatic heterocycles. The van der Waals surface area contributed by atoms with Gasteiger partial charge < -0.3 is 10.1 Å². The quantitative estimate of drug-likeness (QED) is 0.781. The lowest BCUT2D eigenvalue weighted by atomic mass is 9.95. The molecule has 0 aliphatic carbocycles. The summed E-state index contributed by atoms with van der Waals surface area (Å²) in [5.74, 6) is 0.691. The van der Waals surface area contributed by atoms with E-state index in [1.54, 1.807) is 7.11 Å². The highest BCUT2D eigenvalue weighted by molar-refractivity contribution is 5.20. The Labute approximate surface area is 129 Å². The van der Waals surface area contributed by atoms with Crippen molar-refractivity contribution in [2.45, 2.75) is 38.8 Å². The fraction of sp³-hybridized carbons (Fsp3) is 0.667. The van der Waals surface area contributed by atoms with Crippen LogP contribution in [-0.4, -0.2) is 44.3 Å². The summed E-state index contributed by atoms with van der Waals surface area (Å²) < 4.78 is 5.17. The molecule has 2 unspecified atom stereocenters. The van der Waals surface area contributed by atoms with E-state index in [4.69, 9.17) is 4.74 Å². The zero-order valence-corrected chi connectivity index (χ0v) is 13.7. The van der Waals surface area contributed by atoms with E-state index in [1.165, 1.54) is 18.5 Å². The molecule has 0 bridgehead atoms. The number of benzene rings is 1. The van der Waals surface area contributed by atoms with Crippen LogP contribution in [0.3, 0.4) is 0 Å². The molecule has 1 aliphatic heterocycles. The Kier molecular flexibility index (Phi) is 6.68. The molecule has 1 N–H and O–H groups in total. The molecule has 1 aliphatic rings. The normalized spacial score (nSPS) is 23.6. The molecule has 2 atom stereocenters. The minimum Gasteiger partial charge on any atom is -0.385 e. The van der Waals surface area contributed by atoms with E-state index in [-0.39, 0.29) is 0 Å². The fourth-order valence-electron chi connectivity index (χ4n) is 3.21. The van der Waals surface area contributed by atoms with Crippen molar-refractivity contribution in [3.05, 3.63) is 35.9 Å². The predicted octanol–water partition coefficient (Wildman–Crippen LogP) is 3.08. The van der Waals surface area contributed by atoms with Gasteiger partial charge in [-0.25, -0.2) is 0 Å². The van der Waals surface area contributed by atoms with Gasteiger partial charge in [0, 0.05) is 38.9 Å². The molecule has 0 radical (unpaired) electrons. The second kappa shape index (κ2) is 8.52. The lowest BCUT2D eigenvalue weighted by Gasteiger charge is -2.42. The third-order valence-corrected chi connectivity index (χ3v) is 4.47. The predicted molar refractivity (Wildman–Crippen MR) is 88.5 cm³/mol. The highest BCUT2D eigenvalue weighted by Gasteiger charge is 2.29. The topological polar surface area (TPSA) is 24.5 Å². The molecule has 21 heavy (non-hydrogen) atoms. The third-order valence-electron chi connectivity index (χ3n) is 4.47. The molecule has 3 nitrogen and oxygen atoms in total. The SMILES string of the molecule is COCCCCN1CC(c2ccccc2)NCC1C(C)C. The van der Waals surface area contributed by atoms with Gasteiger partial charge >= 0.3 is 0 Å². The number of hydrogen-bond acceptors (Lipinski definition) is 3. The van der Waals surface area contributed by atoms with Crippen LogP contribution in [0.5, 0.6) is 0 Å². The Hall–Kier alpha value is -0.900. The van der Waals surface area contributed by atoms with Crippen LogP contribution in [0.2, 0.25) is 0 Å². The zero-order chi connectivity index (χ0) is 15.1. The Morgan fingerprint density at radius 2 is 2.00 bits per heavy atom. The van der Waals surface area contributed by atoms with Crippen molar-refractivity contribution in [3.8, 4) is 0 Å². The lowest BCUT2D eigenvalue weighted by molar-refractivity contribution is 0.0927. The van der Waals surface area contributed by atoms with E-state index >= 15 is 0 Å². The number of methoxy groups -OCH3 is 1. The monoisotopic (exact) mass is 290 g/mol. The number of nitrogens with zero attached hydrogens (tertiary/aromatic N) is 1. The lowest BCUT2D eigenvalue weighted by Crippen LogP contribution is -2.54. The maximum atomic E-state index is 5.17. The third kappa shape index (κ3) is 4.80. The number of rotatable bonds is 7. The molecule has 1 aromatic carbocycles. The molecule has 0 spiro atoms. The molecule has 0 saturated carbocycles. The number of unbranched alkanes of at least 4 members (excludes halogenated alkanes) is 1. The average molecular weight is 290 g/mol. The second-order valence-electron chi connectivity index (χ2n) is 6.38. The summed E-state index contributed by atoms with van der Waals surface area (Å²) >= 11 is 0. The minimum atomic E-state index is 0.462. The Morgan fingerprint density at radius 3 is 2.67 bits per heavy atom. The first-order valence-electron chi connectivity index (χ1n) is 8.23. The largest absolute Gasteiger partial charge is 0.385 e. The fourth-order valence-corrected chi connectivity index (χ4v) is 3.21. The highest BCUT2D eigenvalue weighted by Crippen LogP contribution is 2.23. The summed E-state index contributed by atoms with van der Waals surface area (Å²) in [5, 5.41) is 3.73. The van der Waals surface area contributed by atoms with E-state index in [0.29, 0.717) is 18.0 Å². The first kappa shape index (κ1) is 16.5. The Bertz CT molecular complexity index is 393. The van der Waals surface area contributed by atoms with Crippen LogP contribution >= 0.6 is 0 Å². The molecule has 2 rings (SSSR count). The van der Waals surface area contributed by atoms with E-state index in [0.717, 1.165) is 26.1 Å². The number of hydrogen-bond donors (Lipinski definition) is 1. The van der Waals surface area contributed by atoms with Gasteiger partial charge in [-0.3, -0.25) is 4.90 Å². The van der Waals surface area contributed by atoms with Gasteiger partial charge in [-0.1, -0.05) is 44.2 Å². The summed E-state index contributed by atoms with van der Waals surface area (Å²) in [4.78, 5) is 2.68. The van der Waals surface area contributed by atoms with Crippen molar-refractivity contribution >= 4 is 0 Å². The van der Waals surface area contributed by atoms with Crippen molar-refractivity contribution in [2.75, 3.05) is 33.4 Å². The van der Waals surface area contributed by atoms with Gasteiger partial charge in [0.25, 0.3) is 0 Å². The number of piperazine rings is 1. The molecule has 3 heteroatoms. The van der Waals surface area contributed by atoms with E-state index in [2.05, 4.69) is 54.4 Å². The van der Waals surface area contributed by atoms with Crippen LogP contribution < -0.4 is 5.32 Å². The van der Waals surface area contributed by atoms with Crippen LogP contribution in [0.25, 0.3) is 0 Å². The van der Waals surface area contributed by atoms with Gasteiger partial charge in [-0.15, -0.1) is 0 Å². The molecule has 1 saturated heterocycles. The van der Waals surface area contributed by atoms with Gasteiger partial charge in [0.05, 0.1) is 0 Å². The van der Waals surface area contributed by atoms with Crippen molar-refractivity contribution in [1.29, 1.82) is 0 Å². The van der Waals surface area contributed by atoms with Gasteiger partial charge in [0.2, 0.25) is 0 Å². The summed E-state index contributed by atoms with van der Waals surface area (Å²) in [6, 6.07) is 11.9. The first-order valence-corrected chi connectivity index (χ1v) is 8.23.